The summed E-state index contributed by atoms with van der Waals surface area (Å²) in [5.74, 6) is 0.254. The zero-order valence-electron chi connectivity index (χ0n) is 11.0. The summed E-state index contributed by atoms with van der Waals surface area (Å²) in [4.78, 5) is 25.3. The molecule has 2 rings (SSSR count). The average Bonchev–Trinajstić information content (AvgIpc) is 2.46. The van der Waals surface area contributed by atoms with Crippen LogP contribution in [0.4, 0.5) is 0 Å². The molecule has 0 aliphatic carbocycles. The number of benzene rings is 1. The van der Waals surface area contributed by atoms with Gasteiger partial charge < -0.3 is 4.90 Å². The van der Waals surface area contributed by atoms with Gasteiger partial charge in [0.25, 0.3) is 5.91 Å². The van der Waals surface area contributed by atoms with Gasteiger partial charge in [-0.25, -0.2) is 0 Å². The Morgan fingerprint density at radius 2 is 1.79 bits per heavy atom. The highest BCUT2D eigenvalue weighted by molar-refractivity contribution is 6.63. The Hall–Kier alpha value is -1.35. The van der Waals surface area contributed by atoms with E-state index in [1.165, 1.54) is 0 Å². The molecule has 1 aromatic carbocycles. The predicted molar refractivity (Wildman–Crippen MR) is 75.1 cm³/mol. The van der Waals surface area contributed by atoms with Gasteiger partial charge in [0.1, 0.15) is 0 Å². The van der Waals surface area contributed by atoms with Crippen molar-refractivity contribution in [3.05, 3.63) is 35.9 Å². The third kappa shape index (κ3) is 3.35. The van der Waals surface area contributed by atoms with Crippen molar-refractivity contribution in [1.29, 1.82) is 0 Å². The lowest BCUT2D eigenvalue weighted by Crippen LogP contribution is -2.40. The maximum absolute atomic E-state index is 12.2. The maximum Gasteiger partial charge on any atom is 0.253 e. The summed E-state index contributed by atoms with van der Waals surface area (Å²) in [5, 5.41) is -0.271. The minimum atomic E-state index is -0.271. The second-order valence-electron chi connectivity index (χ2n) is 5.09. The normalized spacial score (nSPS) is 18.1. The number of hydrogen-bond acceptors (Lipinski definition) is 2. The quantitative estimate of drug-likeness (QED) is 0.798. The largest absolute Gasteiger partial charge is 0.339 e. The number of amides is 1. The van der Waals surface area contributed by atoms with E-state index in [-0.39, 0.29) is 17.1 Å². The van der Waals surface area contributed by atoms with Gasteiger partial charge in [-0.1, -0.05) is 25.1 Å². The van der Waals surface area contributed by atoms with Crippen LogP contribution in [0.3, 0.4) is 0 Å². The first-order chi connectivity index (χ1) is 9.09. The molecule has 0 bridgehead atoms. The molecule has 0 N–H and O–H groups in total. The van der Waals surface area contributed by atoms with Crippen LogP contribution in [-0.4, -0.2) is 29.1 Å². The van der Waals surface area contributed by atoms with Gasteiger partial charge in [0.05, 0.1) is 0 Å². The van der Waals surface area contributed by atoms with Crippen LogP contribution in [0.5, 0.6) is 0 Å². The van der Waals surface area contributed by atoms with Crippen molar-refractivity contribution in [2.24, 2.45) is 11.8 Å². The predicted octanol–water partition coefficient (Wildman–Crippen LogP) is 2.94. The molecule has 1 aliphatic rings. The highest BCUT2D eigenvalue weighted by atomic mass is 35.5. The fourth-order valence-electron chi connectivity index (χ4n) is 2.55. The van der Waals surface area contributed by atoms with Gasteiger partial charge in [-0.3, -0.25) is 9.59 Å². The summed E-state index contributed by atoms with van der Waals surface area (Å²) in [6.45, 7) is 3.27. The Morgan fingerprint density at radius 3 is 2.32 bits per heavy atom. The standard InChI is InChI=1S/C15H18ClNO2/c1-11(14(16)18)12-7-9-17(10-8-12)15(19)13-5-3-2-4-6-13/h2-6,11-12H,7-10H2,1H3. The van der Waals surface area contributed by atoms with Crippen LogP contribution < -0.4 is 0 Å². The van der Waals surface area contributed by atoms with Crippen molar-refractivity contribution < 1.29 is 9.59 Å². The summed E-state index contributed by atoms with van der Waals surface area (Å²) in [6.07, 6.45) is 1.69. The first kappa shape index (κ1) is 14.1. The highest BCUT2D eigenvalue weighted by Gasteiger charge is 2.29. The molecule has 1 fully saturated rings. The summed E-state index contributed by atoms with van der Waals surface area (Å²) in [7, 11) is 0. The van der Waals surface area contributed by atoms with Gasteiger partial charge in [-0.05, 0) is 42.5 Å². The second kappa shape index (κ2) is 6.20. The maximum atomic E-state index is 12.2. The number of hydrogen-bond donors (Lipinski definition) is 0. The molecular formula is C15H18ClNO2. The van der Waals surface area contributed by atoms with E-state index in [9.17, 15) is 9.59 Å². The van der Waals surface area contributed by atoms with E-state index in [1.807, 2.05) is 42.2 Å². The fraction of sp³-hybridized carbons (Fsp3) is 0.467. The number of carbonyl (C=O) groups is 2. The molecule has 0 radical (unpaired) electrons. The average molecular weight is 280 g/mol. The lowest BCUT2D eigenvalue weighted by molar-refractivity contribution is -0.116. The van der Waals surface area contributed by atoms with Gasteiger partial charge in [-0.2, -0.15) is 0 Å². The van der Waals surface area contributed by atoms with Crippen molar-refractivity contribution in [2.45, 2.75) is 19.8 Å². The van der Waals surface area contributed by atoms with Crippen LogP contribution in [0.2, 0.25) is 0 Å². The van der Waals surface area contributed by atoms with Crippen LogP contribution >= 0.6 is 11.6 Å². The SMILES string of the molecule is CC(C(=O)Cl)C1CCN(C(=O)c2ccccc2)CC1. The topological polar surface area (TPSA) is 37.4 Å². The number of likely N-dealkylation sites (tertiary alicyclic amines) is 1. The molecule has 0 spiro atoms. The molecule has 0 aromatic heterocycles. The second-order valence-corrected chi connectivity index (χ2v) is 5.46. The number of carbonyl (C=O) groups excluding carboxylic acids is 2. The van der Waals surface area contributed by atoms with Crippen LogP contribution in [0.25, 0.3) is 0 Å². The number of halogens is 1. The van der Waals surface area contributed by atoms with E-state index < -0.39 is 0 Å². The number of nitrogens with zero attached hydrogens (tertiary/aromatic N) is 1. The van der Waals surface area contributed by atoms with Gasteiger partial charge in [0.15, 0.2) is 0 Å². The fourth-order valence-corrected chi connectivity index (χ4v) is 2.73. The van der Waals surface area contributed by atoms with E-state index in [1.54, 1.807) is 0 Å². The molecule has 4 heteroatoms. The smallest absolute Gasteiger partial charge is 0.253 e. The van der Waals surface area contributed by atoms with Crippen LogP contribution in [0, 0.1) is 11.8 Å². The van der Waals surface area contributed by atoms with Crippen molar-refractivity contribution in [3.63, 3.8) is 0 Å². The zero-order chi connectivity index (χ0) is 13.8. The summed E-state index contributed by atoms with van der Waals surface area (Å²) >= 11 is 5.54. The Morgan fingerprint density at radius 1 is 1.21 bits per heavy atom. The molecule has 1 aliphatic heterocycles. The number of piperidine rings is 1. The Kier molecular flexibility index (Phi) is 4.59. The molecule has 19 heavy (non-hydrogen) atoms. The third-order valence-electron chi connectivity index (χ3n) is 3.91. The monoisotopic (exact) mass is 279 g/mol. The molecule has 1 amide bonds. The third-order valence-corrected chi connectivity index (χ3v) is 4.26. The molecule has 1 saturated heterocycles. The Labute approximate surface area is 118 Å². The first-order valence-electron chi connectivity index (χ1n) is 6.63. The minimum Gasteiger partial charge on any atom is -0.339 e. The van der Waals surface area contributed by atoms with Crippen molar-refractivity contribution >= 4 is 22.8 Å². The first-order valence-corrected chi connectivity index (χ1v) is 7.01. The van der Waals surface area contributed by atoms with E-state index >= 15 is 0 Å². The van der Waals surface area contributed by atoms with Gasteiger partial charge >= 0.3 is 0 Å². The molecule has 1 heterocycles. The molecule has 1 unspecified atom stereocenters. The highest BCUT2D eigenvalue weighted by Crippen LogP contribution is 2.27. The van der Waals surface area contributed by atoms with Gasteiger partial charge in [0.2, 0.25) is 5.24 Å². The molecule has 3 nitrogen and oxygen atoms in total. The lowest BCUT2D eigenvalue weighted by Gasteiger charge is -2.33. The molecule has 1 atom stereocenters. The van der Waals surface area contributed by atoms with Crippen LogP contribution in [0.15, 0.2) is 30.3 Å². The number of rotatable bonds is 3. The van der Waals surface area contributed by atoms with Gasteiger partial charge in [0, 0.05) is 24.6 Å². The van der Waals surface area contributed by atoms with Crippen molar-refractivity contribution in [1.82, 2.24) is 4.90 Å². The Bertz CT molecular complexity index is 452. The molecule has 0 saturated carbocycles. The Balaban J connectivity index is 1.93. The lowest BCUT2D eigenvalue weighted by atomic mass is 9.86. The molecular weight excluding hydrogens is 262 g/mol. The zero-order valence-corrected chi connectivity index (χ0v) is 11.8. The van der Waals surface area contributed by atoms with Crippen LogP contribution in [0.1, 0.15) is 30.1 Å². The van der Waals surface area contributed by atoms with Crippen molar-refractivity contribution in [3.8, 4) is 0 Å². The van der Waals surface area contributed by atoms with Crippen LogP contribution in [-0.2, 0) is 4.79 Å². The van der Waals surface area contributed by atoms with E-state index in [0.717, 1.165) is 18.4 Å². The molecule has 102 valence electrons. The minimum absolute atomic E-state index is 0.0731. The summed E-state index contributed by atoms with van der Waals surface area (Å²) in [5.41, 5.74) is 0.724. The van der Waals surface area contributed by atoms with Gasteiger partial charge in [-0.15, -0.1) is 0 Å². The molecule has 1 aromatic rings. The van der Waals surface area contributed by atoms with Crippen molar-refractivity contribution in [2.75, 3.05) is 13.1 Å². The van der Waals surface area contributed by atoms with E-state index in [4.69, 9.17) is 11.6 Å². The summed E-state index contributed by atoms with van der Waals surface area (Å²) in [6, 6.07) is 9.30. The van der Waals surface area contributed by atoms with E-state index in [0.29, 0.717) is 19.0 Å². The summed E-state index contributed by atoms with van der Waals surface area (Å²) < 4.78 is 0. The van der Waals surface area contributed by atoms with E-state index in [2.05, 4.69) is 0 Å².